The molecule has 0 bridgehead atoms. The van der Waals surface area contributed by atoms with Gasteiger partial charge in [-0.1, -0.05) is 0 Å². The molecule has 6 heteroatoms. The molecule has 0 aliphatic carbocycles. The minimum atomic E-state index is -3.16. The standard InChI is InChI=1S/C6H14N2O3S/c1-12(10,11)8-3-2-5(7)6(9)4-8/h5-6,9H,2-4,7H2,1H3/t5-,6+/m1/s1. The third kappa shape index (κ3) is 2.16. The Bertz CT molecular complexity index is 252. The molecule has 0 spiro atoms. The first-order valence-corrected chi connectivity index (χ1v) is 5.65. The summed E-state index contributed by atoms with van der Waals surface area (Å²) >= 11 is 0. The number of piperidine rings is 1. The molecular weight excluding hydrogens is 180 g/mol. The molecule has 0 aromatic carbocycles. The van der Waals surface area contributed by atoms with Crippen molar-refractivity contribution in [2.45, 2.75) is 18.6 Å². The number of aliphatic hydroxyl groups excluding tert-OH is 1. The molecule has 12 heavy (non-hydrogen) atoms. The van der Waals surface area contributed by atoms with E-state index in [9.17, 15) is 13.5 Å². The van der Waals surface area contributed by atoms with Crippen LogP contribution < -0.4 is 5.73 Å². The van der Waals surface area contributed by atoms with E-state index in [-0.39, 0.29) is 12.6 Å². The van der Waals surface area contributed by atoms with Crippen molar-refractivity contribution in [2.24, 2.45) is 5.73 Å². The number of hydrogen-bond acceptors (Lipinski definition) is 4. The largest absolute Gasteiger partial charge is 0.390 e. The molecular formula is C6H14N2O3S. The second kappa shape index (κ2) is 3.29. The van der Waals surface area contributed by atoms with Gasteiger partial charge in [0, 0.05) is 19.1 Å². The van der Waals surface area contributed by atoms with Crippen LogP contribution in [0.4, 0.5) is 0 Å². The van der Waals surface area contributed by atoms with Crippen molar-refractivity contribution >= 4 is 10.0 Å². The van der Waals surface area contributed by atoms with Gasteiger partial charge in [0.15, 0.2) is 0 Å². The van der Waals surface area contributed by atoms with E-state index in [4.69, 9.17) is 5.73 Å². The molecule has 0 aromatic heterocycles. The van der Waals surface area contributed by atoms with Crippen molar-refractivity contribution in [3.05, 3.63) is 0 Å². The van der Waals surface area contributed by atoms with Gasteiger partial charge >= 0.3 is 0 Å². The lowest BCUT2D eigenvalue weighted by atomic mass is 10.1. The summed E-state index contributed by atoms with van der Waals surface area (Å²) in [5, 5.41) is 9.28. The second-order valence-electron chi connectivity index (χ2n) is 3.14. The van der Waals surface area contributed by atoms with E-state index < -0.39 is 16.1 Å². The molecule has 1 aliphatic rings. The highest BCUT2D eigenvalue weighted by atomic mass is 32.2. The highest BCUT2D eigenvalue weighted by molar-refractivity contribution is 7.88. The van der Waals surface area contributed by atoms with E-state index in [1.165, 1.54) is 4.31 Å². The molecule has 1 heterocycles. The van der Waals surface area contributed by atoms with Crippen LogP contribution in [0.3, 0.4) is 0 Å². The normalized spacial score (nSPS) is 33.6. The Morgan fingerprint density at radius 1 is 1.58 bits per heavy atom. The first-order valence-electron chi connectivity index (χ1n) is 3.80. The molecule has 5 nitrogen and oxygen atoms in total. The zero-order valence-electron chi connectivity index (χ0n) is 6.97. The Morgan fingerprint density at radius 3 is 2.58 bits per heavy atom. The maximum atomic E-state index is 11.0. The van der Waals surface area contributed by atoms with Crippen LogP contribution in [0.25, 0.3) is 0 Å². The molecule has 1 saturated heterocycles. The number of aliphatic hydroxyl groups is 1. The summed E-state index contributed by atoms with van der Waals surface area (Å²) in [5.74, 6) is 0. The molecule has 3 N–H and O–H groups in total. The summed E-state index contributed by atoms with van der Waals surface area (Å²) in [5.41, 5.74) is 5.51. The van der Waals surface area contributed by atoms with Gasteiger partial charge in [-0.3, -0.25) is 0 Å². The summed E-state index contributed by atoms with van der Waals surface area (Å²) < 4.78 is 23.3. The predicted molar refractivity (Wildman–Crippen MR) is 45.0 cm³/mol. The van der Waals surface area contributed by atoms with Gasteiger partial charge in [0.05, 0.1) is 12.4 Å². The molecule has 72 valence electrons. The highest BCUT2D eigenvalue weighted by Gasteiger charge is 2.29. The van der Waals surface area contributed by atoms with Crippen molar-refractivity contribution in [1.82, 2.24) is 4.31 Å². The molecule has 1 fully saturated rings. The number of β-amino-alcohol motifs (C(OH)–C–C–N with tert-alkyl or cyclic N) is 1. The molecule has 0 radical (unpaired) electrons. The van der Waals surface area contributed by atoms with Crippen molar-refractivity contribution in [3.8, 4) is 0 Å². The second-order valence-corrected chi connectivity index (χ2v) is 5.12. The van der Waals surface area contributed by atoms with Crippen LogP contribution >= 0.6 is 0 Å². The van der Waals surface area contributed by atoms with Crippen LogP contribution in [0, 0.1) is 0 Å². The topological polar surface area (TPSA) is 83.6 Å². The lowest BCUT2D eigenvalue weighted by Crippen LogP contribution is -2.51. The lowest BCUT2D eigenvalue weighted by molar-refractivity contribution is 0.0880. The smallest absolute Gasteiger partial charge is 0.211 e. The van der Waals surface area contributed by atoms with Crippen LogP contribution in [-0.4, -0.2) is 49.3 Å². The molecule has 0 saturated carbocycles. The average molecular weight is 194 g/mol. The summed E-state index contributed by atoms with van der Waals surface area (Å²) in [6.07, 6.45) is 0.929. The van der Waals surface area contributed by atoms with Crippen LogP contribution in [0.2, 0.25) is 0 Å². The van der Waals surface area contributed by atoms with E-state index in [0.717, 1.165) is 6.26 Å². The van der Waals surface area contributed by atoms with Crippen LogP contribution in [-0.2, 0) is 10.0 Å². The van der Waals surface area contributed by atoms with Crippen molar-refractivity contribution < 1.29 is 13.5 Å². The number of nitrogens with zero attached hydrogens (tertiary/aromatic N) is 1. The third-order valence-electron chi connectivity index (χ3n) is 2.07. The fourth-order valence-corrected chi connectivity index (χ4v) is 2.08. The Hall–Kier alpha value is -0.170. The minimum absolute atomic E-state index is 0.125. The van der Waals surface area contributed by atoms with E-state index in [1.54, 1.807) is 0 Å². The van der Waals surface area contributed by atoms with Gasteiger partial charge < -0.3 is 10.8 Å². The number of hydrogen-bond donors (Lipinski definition) is 2. The molecule has 1 rings (SSSR count). The first-order chi connectivity index (χ1) is 5.41. The van der Waals surface area contributed by atoms with Gasteiger partial charge in [-0.15, -0.1) is 0 Å². The lowest BCUT2D eigenvalue weighted by Gasteiger charge is -2.32. The van der Waals surface area contributed by atoms with E-state index in [1.807, 2.05) is 0 Å². The van der Waals surface area contributed by atoms with Gasteiger partial charge in [-0.05, 0) is 6.42 Å². The Kier molecular flexibility index (Phi) is 2.72. The Labute approximate surface area is 72.2 Å². The van der Waals surface area contributed by atoms with Gasteiger partial charge in [0.2, 0.25) is 10.0 Å². The quantitative estimate of drug-likeness (QED) is 0.523. The van der Waals surface area contributed by atoms with E-state index in [0.29, 0.717) is 13.0 Å². The fraction of sp³-hybridized carbons (Fsp3) is 1.00. The van der Waals surface area contributed by atoms with Gasteiger partial charge in [0.25, 0.3) is 0 Å². The average Bonchev–Trinajstić information content (AvgIpc) is 1.92. The summed E-state index contributed by atoms with van der Waals surface area (Å²) in [4.78, 5) is 0. The number of rotatable bonds is 1. The van der Waals surface area contributed by atoms with Gasteiger partial charge in [-0.25, -0.2) is 8.42 Å². The van der Waals surface area contributed by atoms with Gasteiger partial charge in [0.1, 0.15) is 0 Å². The predicted octanol–water partition coefficient (Wildman–Crippen LogP) is -1.66. The fourth-order valence-electron chi connectivity index (χ4n) is 1.22. The third-order valence-corrected chi connectivity index (χ3v) is 3.34. The SMILES string of the molecule is CS(=O)(=O)N1CC[C@@H](N)[C@@H](O)C1. The van der Waals surface area contributed by atoms with Crippen molar-refractivity contribution in [1.29, 1.82) is 0 Å². The summed E-state index contributed by atoms with van der Waals surface area (Å²) in [7, 11) is -3.16. The Balaban J connectivity index is 2.64. The number of nitrogens with two attached hydrogens (primary N) is 1. The zero-order valence-corrected chi connectivity index (χ0v) is 7.79. The molecule has 1 aliphatic heterocycles. The summed E-state index contributed by atoms with van der Waals surface area (Å²) in [6, 6.07) is -0.289. The minimum Gasteiger partial charge on any atom is -0.390 e. The maximum absolute atomic E-state index is 11.0. The van der Waals surface area contributed by atoms with Crippen LogP contribution in [0.1, 0.15) is 6.42 Å². The van der Waals surface area contributed by atoms with Crippen molar-refractivity contribution in [2.75, 3.05) is 19.3 Å². The molecule has 0 aromatic rings. The van der Waals surface area contributed by atoms with E-state index >= 15 is 0 Å². The molecule has 0 unspecified atom stereocenters. The van der Waals surface area contributed by atoms with Crippen LogP contribution in [0.5, 0.6) is 0 Å². The maximum Gasteiger partial charge on any atom is 0.211 e. The van der Waals surface area contributed by atoms with Crippen molar-refractivity contribution in [3.63, 3.8) is 0 Å². The Morgan fingerprint density at radius 2 is 2.17 bits per heavy atom. The van der Waals surface area contributed by atoms with Gasteiger partial charge in [-0.2, -0.15) is 4.31 Å². The first kappa shape index (κ1) is 9.91. The molecule has 0 amide bonds. The highest BCUT2D eigenvalue weighted by Crippen LogP contribution is 2.11. The molecule has 2 atom stereocenters. The van der Waals surface area contributed by atoms with Crippen LogP contribution in [0.15, 0.2) is 0 Å². The zero-order chi connectivity index (χ0) is 9.35. The van der Waals surface area contributed by atoms with E-state index in [2.05, 4.69) is 0 Å². The number of sulfonamides is 1. The monoisotopic (exact) mass is 194 g/mol. The summed E-state index contributed by atoms with van der Waals surface area (Å²) in [6.45, 7) is 0.539.